The first-order chi connectivity index (χ1) is 10.9. The van der Waals surface area contributed by atoms with Gasteiger partial charge in [-0.3, -0.25) is 4.79 Å². The lowest BCUT2D eigenvalue weighted by Crippen LogP contribution is -2.58. The summed E-state index contributed by atoms with van der Waals surface area (Å²) in [7, 11) is 3.75. The monoisotopic (exact) mass is 317 g/mol. The van der Waals surface area contributed by atoms with E-state index in [1.807, 2.05) is 13.0 Å². The van der Waals surface area contributed by atoms with Crippen LogP contribution >= 0.6 is 0 Å². The molecule has 3 unspecified atom stereocenters. The molecule has 4 nitrogen and oxygen atoms in total. The Hall–Kier alpha value is -1.55. The number of aromatic hydroxyl groups is 1. The molecule has 0 amide bonds. The minimum Gasteiger partial charge on any atom is -0.504 e. The summed E-state index contributed by atoms with van der Waals surface area (Å²) in [5.41, 5.74) is 1.87. The second-order valence-electron chi connectivity index (χ2n) is 7.17. The summed E-state index contributed by atoms with van der Waals surface area (Å²) >= 11 is 0. The van der Waals surface area contributed by atoms with Crippen LogP contribution in [0.1, 0.15) is 44.2 Å². The molecule has 3 rings (SSSR count). The number of hydrogen-bond donors (Lipinski definition) is 1. The van der Waals surface area contributed by atoms with Gasteiger partial charge >= 0.3 is 0 Å². The number of piperidine rings is 1. The maximum absolute atomic E-state index is 12.4. The maximum atomic E-state index is 12.4. The van der Waals surface area contributed by atoms with Crippen molar-refractivity contribution in [3.8, 4) is 11.5 Å². The molecule has 1 saturated heterocycles. The highest BCUT2D eigenvalue weighted by molar-refractivity contribution is 5.80. The Balaban J connectivity index is 2.20. The number of phenols is 1. The third-order valence-electron chi connectivity index (χ3n) is 6.21. The number of hydrogen-bond acceptors (Lipinski definition) is 4. The van der Waals surface area contributed by atoms with Crippen LogP contribution in [0.5, 0.6) is 11.5 Å². The van der Waals surface area contributed by atoms with E-state index >= 15 is 0 Å². The summed E-state index contributed by atoms with van der Waals surface area (Å²) in [5.74, 6) is 1.36. The Morgan fingerprint density at radius 3 is 2.87 bits per heavy atom. The summed E-state index contributed by atoms with van der Waals surface area (Å²) in [6, 6.07) is 4.33. The number of likely N-dealkylation sites (N-methyl/N-ethyl adjacent to an activating group) is 1. The Bertz CT molecular complexity index is 627. The van der Waals surface area contributed by atoms with Crippen LogP contribution in [0.4, 0.5) is 0 Å². The van der Waals surface area contributed by atoms with Crippen LogP contribution in [0.3, 0.4) is 0 Å². The molecule has 2 aliphatic rings. The van der Waals surface area contributed by atoms with Crippen LogP contribution in [-0.4, -0.2) is 42.5 Å². The van der Waals surface area contributed by atoms with Gasteiger partial charge in [0.25, 0.3) is 0 Å². The number of fused-ring (bicyclic) bond motifs is 4. The number of nitrogens with zero attached hydrogens (tertiary/aromatic N) is 1. The fourth-order valence-electron chi connectivity index (χ4n) is 4.75. The van der Waals surface area contributed by atoms with E-state index in [1.165, 1.54) is 5.56 Å². The van der Waals surface area contributed by atoms with Gasteiger partial charge in [-0.25, -0.2) is 0 Å². The number of benzene rings is 1. The van der Waals surface area contributed by atoms with Crippen LogP contribution in [0.25, 0.3) is 0 Å². The molecule has 4 heteroatoms. The molecule has 1 aromatic carbocycles. The van der Waals surface area contributed by atoms with Gasteiger partial charge in [0.2, 0.25) is 0 Å². The lowest BCUT2D eigenvalue weighted by Gasteiger charge is -2.55. The standard InChI is InChI=1S/C19H27NO3/c1-5-14(21)11-19-8-9-20(3)15(12(19)2)10-13-6-7-16(23-4)18(22)17(13)19/h6-7,12,15,22H,5,8-11H2,1-4H3. The molecule has 0 radical (unpaired) electrons. The largest absolute Gasteiger partial charge is 0.504 e. The fraction of sp³-hybridized carbons (Fsp3) is 0.632. The number of Topliss-reactive ketones (excluding diaryl/α,β-unsaturated/α-hetero) is 1. The number of ether oxygens (including phenoxy) is 1. The van der Waals surface area contributed by atoms with Crippen LogP contribution in [0.15, 0.2) is 12.1 Å². The molecule has 0 spiro atoms. The summed E-state index contributed by atoms with van der Waals surface area (Å²) in [5, 5.41) is 10.8. The summed E-state index contributed by atoms with van der Waals surface area (Å²) < 4.78 is 5.34. The first-order valence-corrected chi connectivity index (χ1v) is 8.55. The zero-order valence-corrected chi connectivity index (χ0v) is 14.6. The molecule has 3 atom stereocenters. The van der Waals surface area contributed by atoms with Crippen molar-refractivity contribution in [1.29, 1.82) is 0 Å². The summed E-state index contributed by atoms with van der Waals surface area (Å²) in [6.45, 7) is 5.12. The SMILES string of the molecule is CCC(=O)CC12CCN(C)C(Cc3ccc(OC)c(O)c31)C2C. The lowest BCUT2D eigenvalue weighted by atomic mass is 9.56. The number of methoxy groups -OCH3 is 1. The second kappa shape index (κ2) is 5.82. The van der Waals surface area contributed by atoms with Gasteiger partial charge in [-0.2, -0.15) is 0 Å². The number of phenolic OH excluding ortho intramolecular Hbond substituents is 1. The molecule has 1 fully saturated rings. The van der Waals surface area contributed by atoms with E-state index in [0.29, 0.717) is 30.6 Å². The van der Waals surface area contributed by atoms with Gasteiger partial charge in [0.05, 0.1) is 7.11 Å². The molecule has 2 bridgehead atoms. The van der Waals surface area contributed by atoms with Crippen molar-refractivity contribution in [1.82, 2.24) is 4.90 Å². The molecule has 126 valence electrons. The summed E-state index contributed by atoms with van der Waals surface area (Å²) in [6.07, 6.45) is 2.89. The molecule has 0 saturated carbocycles. The van der Waals surface area contributed by atoms with Gasteiger partial charge in [0.1, 0.15) is 5.78 Å². The van der Waals surface area contributed by atoms with E-state index in [4.69, 9.17) is 4.74 Å². The Labute approximate surface area is 138 Å². The van der Waals surface area contributed by atoms with E-state index in [9.17, 15) is 9.90 Å². The minimum atomic E-state index is -0.267. The topological polar surface area (TPSA) is 49.8 Å². The van der Waals surface area contributed by atoms with Crippen molar-refractivity contribution < 1.29 is 14.6 Å². The Kier molecular flexibility index (Phi) is 4.13. The molecule has 1 aliphatic carbocycles. The van der Waals surface area contributed by atoms with Gasteiger partial charge in [-0.15, -0.1) is 0 Å². The van der Waals surface area contributed by atoms with Crippen molar-refractivity contribution in [2.24, 2.45) is 5.92 Å². The average Bonchev–Trinajstić information content (AvgIpc) is 2.53. The molecule has 23 heavy (non-hydrogen) atoms. The van der Waals surface area contributed by atoms with Crippen LogP contribution in [0, 0.1) is 5.92 Å². The van der Waals surface area contributed by atoms with E-state index in [1.54, 1.807) is 7.11 Å². The molecule has 1 aromatic rings. The number of likely N-dealkylation sites (tertiary alicyclic amines) is 1. The fourth-order valence-corrected chi connectivity index (χ4v) is 4.75. The number of carbonyl (C=O) groups excluding carboxylic acids is 1. The highest BCUT2D eigenvalue weighted by Gasteiger charge is 2.52. The molecule has 1 aliphatic heterocycles. The first kappa shape index (κ1) is 16.3. The van der Waals surface area contributed by atoms with E-state index in [2.05, 4.69) is 24.9 Å². The lowest BCUT2D eigenvalue weighted by molar-refractivity contribution is -0.121. The van der Waals surface area contributed by atoms with E-state index in [0.717, 1.165) is 24.9 Å². The highest BCUT2D eigenvalue weighted by atomic mass is 16.5. The highest BCUT2D eigenvalue weighted by Crippen LogP contribution is 2.55. The normalized spacial score (nSPS) is 29.9. The van der Waals surface area contributed by atoms with Crippen molar-refractivity contribution in [3.05, 3.63) is 23.3 Å². The van der Waals surface area contributed by atoms with Crippen molar-refractivity contribution in [2.75, 3.05) is 20.7 Å². The van der Waals surface area contributed by atoms with Gasteiger partial charge in [-0.05, 0) is 44.0 Å². The number of ketones is 1. The second-order valence-corrected chi connectivity index (χ2v) is 7.17. The molecular weight excluding hydrogens is 290 g/mol. The first-order valence-electron chi connectivity index (χ1n) is 8.55. The van der Waals surface area contributed by atoms with Crippen LogP contribution in [-0.2, 0) is 16.6 Å². The van der Waals surface area contributed by atoms with Gasteiger partial charge < -0.3 is 14.7 Å². The van der Waals surface area contributed by atoms with Crippen molar-refractivity contribution in [3.63, 3.8) is 0 Å². The molecule has 0 aromatic heterocycles. The van der Waals surface area contributed by atoms with E-state index in [-0.39, 0.29) is 16.9 Å². The van der Waals surface area contributed by atoms with E-state index < -0.39 is 0 Å². The molecule has 1 heterocycles. The van der Waals surface area contributed by atoms with Crippen molar-refractivity contribution in [2.45, 2.75) is 51.0 Å². The Morgan fingerprint density at radius 1 is 1.48 bits per heavy atom. The number of carbonyl (C=O) groups is 1. The molecular formula is C19H27NO3. The quantitative estimate of drug-likeness (QED) is 0.928. The van der Waals surface area contributed by atoms with Gasteiger partial charge in [0.15, 0.2) is 11.5 Å². The van der Waals surface area contributed by atoms with Gasteiger partial charge in [0, 0.05) is 29.9 Å². The summed E-state index contributed by atoms with van der Waals surface area (Å²) in [4.78, 5) is 14.8. The zero-order chi connectivity index (χ0) is 16.8. The zero-order valence-electron chi connectivity index (χ0n) is 14.6. The minimum absolute atomic E-state index is 0.240. The van der Waals surface area contributed by atoms with Crippen molar-refractivity contribution >= 4 is 5.78 Å². The molecule has 1 N–H and O–H groups in total. The maximum Gasteiger partial charge on any atom is 0.161 e. The smallest absolute Gasteiger partial charge is 0.161 e. The predicted molar refractivity (Wildman–Crippen MR) is 90.2 cm³/mol. The average molecular weight is 317 g/mol. The third kappa shape index (κ3) is 2.35. The third-order valence-corrected chi connectivity index (χ3v) is 6.21. The van der Waals surface area contributed by atoms with Crippen LogP contribution < -0.4 is 4.74 Å². The van der Waals surface area contributed by atoms with Crippen LogP contribution in [0.2, 0.25) is 0 Å². The Morgan fingerprint density at radius 2 is 2.22 bits per heavy atom. The predicted octanol–water partition coefficient (Wildman–Crippen LogP) is 2.90. The number of rotatable bonds is 4. The van der Waals surface area contributed by atoms with Gasteiger partial charge in [-0.1, -0.05) is 19.9 Å².